The normalized spacial score (nSPS) is 11.7. The molecule has 0 atom stereocenters. The molecule has 0 heterocycles. The SMILES string of the molecule is C[Si](C)[Si](C)(C)[Si](C)(C)[Si](C)C.[CH3][Sn][CH3].[CH3][Sn][CH3]. The van der Waals surface area contributed by atoms with Gasteiger partial charge in [-0.05, 0) is 0 Å². The summed E-state index contributed by atoms with van der Waals surface area (Å²) in [6.07, 6.45) is 0. The second-order valence-corrected chi connectivity index (χ2v) is 46.5. The summed E-state index contributed by atoms with van der Waals surface area (Å²) in [4.78, 5) is 9.18. The maximum atomic E-state index is 2.66. The summed E-state index contributed by atoms with van der Waals surface area (Å²) in [6.45, 7) is 20.8. The van der Waals surface area contributed by atoms with Crippen LogP contribution < -0.4 is 0 Å². The molecule has 0 unspecified atom stereocenters. The predicted octanol–water partition coefficient (Wildman–Crippen LogP) is 4.72. The second kappa shape index (κ2) is 13.2. The Balaban J connectivity index is -0.000000315. The van der Waals surface area contributed by atoms with Crippen LogP contribution in [0.15, 0.2) is 0 Å². The van der Waals surface area contributed by atoms with Crippen LogP contribution in [0, 0.1) is 0 Å². The van der Waals surface area contributed by atoms with Gasteiger partial charge in [-0.2, -0.15) is 0 Å². The Morgan fingerprint density at radius 1 is 0.556 bits per heavy atom. The van der Waals surface area contributed by atoms with Crippen molar-refractivity contribution in [3.8, 4) is 0 Å². The zero-order valence-corrected chi connectivity index (χ0v) is 24.7. The molecule has 0 N–H and O–H groups in total. The summed E-state index contributed by atoms with van der Waals surface area (Å²) >= 11 is 0.460. The van der Waals surface area contributed by atoms with Crippen LogP contribution in [-0.4, -0.2) is 73.1 Å². The van der Waals surface area contributed by atoms with E-state index in [0.717, 1.165) is 0 Å². The number of rotatable bonds is 3. The molecular weight excluding hydrogens is 494 g/mol. The molecule has 0 nitrogen and oxygen atoms in total. The van der Waals surface area contributed by atoms with E-state index in [2.05, 4.69) is 72.1 Å². The van der Waals surface area contributed by atoms with E-state index >= 15 is 0 Å². The zero-order chi connectivity index (χ0) is 15.6. The Hall–Kier alpha value is 2.46. The van der Waals surface area contributed by atoms with E-state index < -0.39 is 14.2 Å². The minimum atomic E-state index is -0.785. The third-order valence-electron chi connectivity index (χ3n) is 4.06. The molecule has 0 aromatic heterocycles. The van der Waals surface area contributed by atoms with Crippen LogP contribution >= 0.6 is 0 Å². The van der Waals surface area contributed by atoms with Crippen LogP contribution in [0.1, 0.15) is 0 Å². The summed E-state index contributed by atoms with van der Waals surface area (Å²) in [5.74, 6) is 0. The van der Waals surface area contributed by atoms with Crippen LogP contribution in [-0.2, 0) is 0 Å². The average Bonchev–Trinajstić information content (AvgIpc) is 2.19. The Morgan fingerprint density at radius 2 is 0.667 bits per heavy atom. The summed E-state index contributed by atoms with van der Waals surface area (Å²) in [5, 5.41) is 0. The first-order valence-corrected chi connectivity index (χ1v) is 32.2. The Bertz CT molecular complexity index is 163. The number of hydrogen-bond acceptors (Lipinski definition) is 0. The summed E-state index contributed by atoms with van der Waals surface area (Å²) < 4.78 is 0. The van der Waals surface area contributed by atoms with Crippen molar-refractivity contribution < 1.29 is 0 Å². The quantitative estimate of drug-likeness (QED) is 0.464. The summed E-state index contributed by atoms with van der Waals surface area (Å²) in [5.41, 5.74) is 0. The molecule has 0 bridgehead atoms. The molecule has 0 spiro atoms. The van der Waals surface area contributed by atoms with Crippen molar-refractivity contribution in [3.63, 3.8) is 0 Å². The number of hydrogen-bond donors (Lipinski definition) is 0. The van der Waals surface area contributed by atoms with Gasteiger partial charge in [0.15, 0.2) is 0 Å². The fourth-order valence-electron chi connectivity index (χ4n) is 1.25. The molecule has 0 aliphatic heterocycles. The van der Waals surface area contributed by atoms with Gasteiger partial charge in [-0.25, -0.2) is 0 Å². The van der Waals surface area contributed by atoms with Crippen LogP contribution in [0.3, 0.4) is 0 Å². The van der Waals surface area contributed by atoms with Gasteiger partial charge in [0, 0.05) is 30.8 Å². The Kier molecular flexibility index (Phi) is 18.6. The van der Waals surface area contributed by atoms with Crippen molar-refractivity contribution in [1.82, 2.24) is 0 Å². The van der Waals surface area contributed by atoms with Gasteiger partial charge in [0.05, 0.1) is 0 Å². The summed E-state index contributed by atoms with van der Waals surface area (Å²) in [7, 11) is -1.54. The van der Waals surface area contributed by atoms with Gasteiger partial charge in [-0.3, -0.25) is 0 Å². The van der Waals surface area contributed by atoms with Crippen LogP contribution in [0.2, 0.25) is 72.1 Å². The van der Waals surface area contributed by atoms with Gasteiger partial charge in [0.25, 0.3) is 0 Å². The third-order valence-corrected chi connectivity index (χ3v) is 59.1. The molecule has 108 valence electrons. The van der Waals surface area contributed by atoms with Gasteiger partial charge in [0.2, 0.25) is 0 Å². The van der Waals surface area contributed by atoms with E-state index in [9.17, 15) is 0 Å². The van der Waals surface area contributed by atoms with E-state index in [1.807, 2.05) is 0 Å². The van der Waals surface area contributed by atoms with Crippen LogP contribution in [0.4, 0.5) is 0 Å². The average molecular weight is 530 g/mol. The topological polar surface area (TPSA) is 0 Å². The predicted molar refractivity (Wildman–Crippen MR) is 105 cm³/mol. The van der Waals surface area contributed by atoms with Crippen molar-refractivity contribution in [2.24, 2.45) is 0 Å². The molecular formula is C12H36Si4Sn2. The van der Waals surface area contributed by atoms with E-state index in [1.165, 1.54) is 0 Å². The fraction of sp³-hybridized carbons (Fsp3) is 1.00. The van der Waals surface area contributed by atoms with E-state index in [1.54, 1.807) is 0 Å². The molecule has 6 heteroatoms. The van der Waals surface area contributed by atoms with Crippen molar-refractivity contribution in [3.05, 3.63) is 0 Å². The molecule has 0 aliphatic carbocycles. The third kappa shape index (κ3) is 10.2. The molecule has 0 fully saturated rings. The second-order valence-electron chi connectivity index (χ2n) is 6.25. The first-order chi connectivity index (χ1) is 7.97. The fourth-order valence-corrected chi connectivity index (χ4v) is 47.2. The van der Waals surface area contributed by atoms with Gasteiger partial charge >= 0.3 is 62.0 Å². The minimum absolute atomic E-state index is 0.0136. The van der Waals surface area contributed by atoms with E-state index in [-0.39, 0.29) is 58.9 Å². The maximum absolute atomic E-state index is 2.66. The van der Waals surface area contributed by atoms with Gasteiger partial charge < -0.3 is 0 Å². The van der Waals surface area contributed by atoms with E-state index in [4.69, 9.17) is 0 Å². The molecule has 0 aliphatic rings. The molecule has 6 radical (unpaired) electrons. The Labute approximate surface area is 144 Å². The van der Waals surface area contributed by atoms with Crippen LogP contribution in [0.5, 0.6) is 0 Å². The van der Waals surface area contributed by atoms with Gasteiger partial charge in [-0.15, -0.1) is 0 Å². The standard InChI is InChI=1S/C8H24Si4.4CH3.2Sn/c1-9(2)11(5,6)12(7,8)10(3)4;;;;;;/h1-8H3;4*1H3;;. The first-order valence-electron chi connectivity index (χ1n) is 6.75. The van der Waals surface area contributed by atoms with Gasteiger partial charge in [-0.1, -0.05) is 52.4 Å². The van der Waals surface area contributed by atoms with E-state index in [0.29, 0.717) is 0 Å². The molecule has 0 saturated carbocycles. The van der Waals surface area contributed by atoms with Crippen molar-refractivity contribution in [1.29, 1.82) is 0 Å². The monoisotopic (exact) mass is 532 g/mol. The molecule has 0 aromatic carbocycles. The van der Waals surface area contributed by atoms with Crippen molar-refractivity contribution in [2.75, 3.05) is 0 Å². The van der Waals surface area contributed by atoms with Crippen LogP contribution in [0.25, 0.3) is 0 Å². The molecule has 0 aromatic rings. The molecule has 0 amide bonds. The van der Waals surface area contributed by atoms with Crippen molar-refractivity contribution in [2.45, 2.75) is 72.1 Å². The molecule has 0 saturated heterocycles. The van der Waals surface area contributed by atoms with Crippen molar-refractivity contribution >= 4 is 73.1 Å². The molecule has 0 rings (SSSR count). The van der Waals surface area contributed by atoms with Gasteiger partial charge in [0.1, 0.15) is 0 Å². The zero-order valence-electron chi connectivity index (χ0n) is 15.0. The first kappa shape index (κ1) is 25.4. The Morgan fingerprint density at radius 3 is 0.722 bits per heavy atom. The summed E-state index contributed by atoms with van der Waals surface area (Å²) in [6, 6.07) is 0. The molecule has 18 heavy (non-hydrogen) atoms.